The summed E-state index contributed by atoms with van der Waals surface area (Å²) in [5, 5.41) is 3.56. The molecule has 1 N–H and O–H groups in total. The first-order valence-corrected chi connectivity index (χ1v) is 6.41. The molecule has 0 amide bonds. The van der Waals surface area contributed by atoms with Crippen LogP contribution < -0.4 is 14.8 Å². The van der Waals surface area contributed by atoms with Gasteiger partial charge >= 0.3 is 0 Å². The second-order valence-corrected chi connectivity index (χ2v) is 4.64. The number of nitrogens with one attached hydrogen (secondary N) is 1. The van der Waals surface area contributed by atoms with Gasteiger partial charge in [0.15, 0.2) is 11.5 Å². The lowest BCUT2D eigenvalue weighted by Gasteiger charge is -2.11. The largest absolute Gasteiger partial charge is 0.493 e. The van der Waals surface area contributed by atoms with E-state index in [1.165, 1.54) is 12.1 Å². The summed E-state index contributed by atoms with van der Waals surface area (Å²) >= 11 is 5.81. The Morgan fingerprint density at radius 2 is 1.80 bits per heavy atom. The van der Waals surface area contributed by atoms with E-state index < -0.39 is 0 Å². The summed E-state index contributed by atoms with van der Waals surface area (Å²) in [5.41, 5.74) is 1.62. The van der Waals surface area contributed by atoms with Crippen LogP contribution in [0.5, 0.6) is 11.5 Å². The van der Waals surface area contributed by atoms with Crippen molar-refractivity contribution in [1.82, 2.24) is 0 Å². The standard InChI is InChI=1S/C15H15ClFNO2/c1-19-14-4-3-13(8-15(14)20-2)18-9-10-5-11(16)7-12(17)6-10/h3-8,18H,9H2,1-2H3. The van der Waals surface area contributed by atoms with E-state index in [0.29, 0.717) is 23.1 Å². The summed E-state index contributed by atoms with van der Waals surface area (Å²) in [6.07, 6.45) is 0. The van der Waals surface area contributed by atoms with Gasteiger partial charge in [0, 0.05) is 23.3 Å². The minimum Gasteiger partial charge on any atom is -0.493 e. The van der Waals surface area contributed by atoms with Gasteiger partial charge in [-0.1, -0.05) is 11.6 Å². The highest BCUT2D eigenvalue weighted by Crippen LogP contribution is 2.30. The Hall–Kier alpha value is -1.94. The van der Waals surface area contributed by atoms with Gasteiger partial charge in [-0.05, 0) is 35.9 Å². The summed E-state index contributed by atoms with van der Waals surface area (Å²) in [7, 11) is 3.16. The molecule has 3 nitrogen and oxygen atoms in total. The first-order valence-electron chi connectivity index (χ1n) is 6.03. The summed E-state index contributed by atoms with van der Waals surface area (Å²) in [5.74, 6) is 0.947. The van der Waals surface area contributed by atoms with Crippen LogP contribution in [-0.2, 0) is 6.54 Å². The van der Waals surface area contributed by atoms with Gasteiger partial charge < -0.3 is 14.8 Å². The quantitative estimate of drug-likeness (QED) is 0.900. The van der Waals surface area contributed by atoms with E-state index in [1.807, 2.05) is 12.1 Å². The van der Waals surface area contributed by atoms with Gasteiger partial charge in [0.05, 0.1) is 14.2 Å². The summed E-state index contributed by atoms with van der Waals surface area (Å²) in [4.78, 5) is 0. The molecule has 0 bridgehead atoms. The Balaban J connectivity index is 2.10. The van der Waals surface area contributed by atoms with Crippen LogP contribution in [0.25, 0.3) is 0 Å². The van der Waals surface area contributed by atoms with Crippen LogP contribution >= 0.6 is 11.6 Å². The van der Waals surface area contributed by atoms with Gasteiger partial charge in [-0.3, -0.25) is 0 Å². The van der Waals surface area contributed by atoms with E-state index in [-0.39, 0.29) is 5.82 Å². The van der Waals surface area contributed by atoms with Crippen LogP contribution in [0.1, 0.15) is 5.56 Å². The molecule has 0 aliphatic heterocycles. The van der Waals surface area contributed by atoms with Gasteiger partial charge in [0.2, 0.25) is 0 Å². The highest BCUT2D eigenvalue weighted by molar-refractivity contribution is 6.30. The molecule has 2 aromatic rings. The lowest BCUT2D eigenvalue weighted by molar-refractivity contribution is 0.355. The predicted octanol–water partition coefficient (Wildman–Crippen LogP) is 4.11. The molecule has 2 aromatic carbocycles. The van der Waals surface area contributed by atoms with E-state index in [9.17, 15) is 4.39 Å². The molecule has 0 saturated carbocycles. The fourth-order valence-electron chi connectivity index (χ4n) is 1.86. The molecule has 0 atom stereocenters. The van der Waals surface area contributed by atoms with Crippen LogP contribution in [0.4, 0.5) is 10.1 Å². The van der Waals surface area contributed by atoms with E-state index in [1.54, 1.807) is 26.4 Å². The number of halogens is 2. The zero-order chi connectivity index (χ0) is 14.5. The highest BCUT2D eigenvalue weighted by Gasteiger charge is 2.05. The number of hydrogen-bond donors (Lipinski definition) is 1. The molecule has 2 rings (SSSR count). The van der Waals surface area contributed by atoms with Gasteiger partial charge in [-0.25, -0.2) is 4.39 Å². The van der Waals surface area contributed by atoms with Crippen molar-refractivity contribution in [3.05, 3.63) is 52.8 Å². The number of ether oxygens (including phenoxy) is 2. The molecule has 0 aliphatic rings. The smallest absolute Gasteiger partial charge is 0.162 e. The summed E-state index contributed by atoms with van der Waals surface area (Å²) in [6.45, 7) is 0.465. The fraction of sp³-hybridized carbons (Fsp3) is 0.200. The maximum atomic E-state index is 13.2. The molecule has 0 heterocycles. The number of rotatable bonds is 5. The summed E-state index contributed by atoms with van der Waals surface area (Å²) < 4.78 is 23.6. The van der Waals surface area contributed by atoms with Gasteiger partial charge in [-0.2, -0.15) is 0 Å². The Morgan fingerprint density at radius 1 is 1.05 bits per heavy atom. The Kier molecular flexibility index (Phi) is 4.69. The predicted molar refractivity (Wildman–Crippen MR) is 78.3 cm³/mol. The molecule has 106 valence electrons. The fourth-order valence-corrected chi connectivity index (χ4v) is 2.11. The first-order chi connectivity index (χ1) is 9.62. The van der Waals surface area contributed by atoms with Crippen LogP contribution in [0.2, 0.25) is 5.02 Å². The molecular weight excluding hydrogens is 281 g/mol. The SMILES string of the molecule is COc1ccc(NCc2cc(F)cc(Cl)c2)cc1OC. The first kappa shape index (κ1) is 14.5. The number of methoxy groups -OCH3 is 2. The minimum absolute atomic E-state index is 0.346. The molecule has 0 radical (unpaired) electrons. The number of anilines is 1. The zero-order valence-corrected chi connectivity index (χ0v) is 12.0. The van der Waals surface area contributed by atoms with Crippen molar-refractivity contribution in [1.29, 1.82) is 0 Å². The van der Waals surface area contributed by atoms with Gasteiger partial charge in [0.1, 0.15) is 5.82 Å². The zero-order valence-electron chi connectivity index (χ0n) is 11.2. The third kappa shape index (κ3) is 3.54. The molecule has 5 heteroatoms. The molecule has 0 aliphatic carbocycles. The van der Waals surface area contributed by atoms with E-state index in [2.05, 4.69) is 5.32 Å². The van der Waals surface area contributed by atoms with E-state index in [4.69, 9.17) is 21.1 Å². The van der Waals surface area contributed by atoms with Crippen LogP contribution in [0, 0.1) is 5.82 Å². The van der Waals surface area contributed by atoms with Crippen molar-refractivity contribution in [3.8, 4) is 11.5 Å². The lowest BCUT2D eigenvalue weighted by Crippen LogP contribution is -2.00. The molecule has 0 spiro atoms. The van der Waals surface area contributed by atoms with Crippen molar-refractivity contribution in [2.45, 2.75) is 6.54 Å². The molecule has 0 aromatic heterocycles. The average Bonchev–Trinajstić information content (AvgIpc) is 2.43. The molecule has 0 fully saturated rings. The number of benzene rings is 2. The van der Waals surface area contributed by atoms with Crippen LogP contribution in [0.3, 0.4) is 0 Å². The third-order valence-corrected chi connectivity index (χ3v) is 3.02. The van der Waals surface area contributed by atoms with Crippen LogP contribution in [0.15, 0.2) is 36.4 Å². The average molecular weight is 296 g/mol. The minimum atomic E-state index is -0.346. The third-order valence-electron chi connectivity index (χ3n) is 2.80. The monoisotopic (exact) mass is 295 g/mol. The van der Waals surface area contributed by atoms with Crippen LogP contribution in [-0.4, -0.2) is 14.2 Å². The number of hydrogen-bond acceptors (Lipinski definition) is 3. The molecule has 0 unspecified atom stereocenters. The Labute approximate surface area is 122 Å². The maximum absolute atomic E-state index is 13.2. The summed E-state index contributed by atoms with van der Waals surface area (Å²) in [6, 6.07) is 9.93. The van der Waals surface area contributed by atoms with E-state index in [0.717, 1.165) is 11.3 Å². The topological polar surface area (TPSA) is 30.5 Å². The van der Waals surface area contributed by atoms with Crippen molar-refractivity contribution in [3.63, 3.8) is 0 Å². The normalized spacial score (nSPS) is 10.2. The maximum Gasteiger partial charge on any atom is 0.162 e. The lowest BCUT2D eigenvalue weighted by atomic mass is 10.2. The molecule has 0 saturated heterocycles. The molecule has 20 heavy (non-hydrogen) atoms. The van der Waals surface area contributed by atoms with Gasteiger partial charge in [-0.15, -0.1) is 0 Å². The van der Waals surface area contributed by atoms with Gasteiger partial charge in [0.25, 0.3) is 0 Å². The second kappa shape index (κ2) is 6.48. The van der Waals surface area contributed by atoms with Crippen molar-refractivity contribution in [2.75, 3.05) is 19.5 Å². The Bertz CT molecular complexity index is 584. The van der Waals surface area contributed by atoms with Crippen molar-refractivity contribution in [2.24, 2.45) is 0 Å². The molecular formula is C15H15ClFNO2. The van der Waals surface area contributed by atoms with Crippen molar-refractivity contribution < 1.29 is 13.9 Å². The second-order valence-electron chi connectivity index (χ2n) is 4.20. The van der Waals surface area contributed by atoms with E-state index >= 15 is 0 Å². The Morgan fingerprint density at radius 3 is 2.45 bits per heavy atom. The van der Waals surface area contributed by atoms with Crippen molar-refractivity contribution >= 4 is 17.3 Å². The highest BCUT2D eigenvalue weighted by atomic mass is 35.5.